The van der Waals surface area contributed by atoms with Crippen LogP contribution in [0, 0.1) is 0 Å². The Morgan fingerprint density at radius 1 is 1.11 bits per heavy atom. The number of hydrogen-bond acceptors (Lipinski definition) is 2. The zero-order chi connectivity index (χ0) is 12.4. The lowest BCUT2D eigenvalue weighted by molar-refractivity contribution is 0.202. The van der Waals surface area contributed by atoms with E-state index in [1.165, 1.54) is 35.7 Å². The van der Waals surface area contributed by atoms with E-state index in [4.69, 9.17) is 5.73 Å². The van der Waals surface area contributed by atoms with Crippen molar-refractivity contribution in [3.63, 3.8) is 0 Å². The molecule has 2 aromatic carbocycles. The van der Waals surface area contributed by atoms with Crippen LogP contribution in [-0.2, 0) is 6.54 Å². The number of piperidine rings is 1. The number of likely N-dealkylation sites (tertiary alicyclic amines) is 1. The van der Waals surface area contributed by atoms with Gasteiger partial charge in [-0.15, -0.1) is 12.4 Å². The molecule has 1 atom stereocenters. The Balaban J connectivity index is 0.00000133. The minimum atomic E-state index is 0. The third-order valence-electron chi connectivity index (χ3n) is 3.82. The van der Waals surface area contributed by atoms with Crippen LogP contribution >= 0.6 is 12.4 Å². The fourth-order valence-corrected chi connectivity index (χ4v) is 2.91. The van der Waals surface area contributed by atoms with E-state index in [0.717, 1.165) is 13.1 Å². The highest BCUT2D eigenvalue weighted by atomic mass is 35.5. The van der Waals surface area contributed by atoms with E-state index in [2.05, 4.69) is 47.4 Å². The molecule has 3 heteroatoms. The van der Waals surface area contributed by atoms with Crippen LogP contribution < -0.4 is 5.73 Å². The van der Waals surface area contributed by atoms with Crippen molar-refractivity contribution in [2.24, 2.45) is 5.73 Å². The molecule has 19 heavy (non-hydrogen) atoms. The van der Waals surface area contributed by atoms with Crippen molar-refractivity contribution in [2.45, 2.75) is 25.4 Å². The molecule has 1 aliphatic heterocycles. The average molecular weight is 277 g/mol. The summed E-state index contributed by atoms with van der Waals surface area (Å²) < 4.78 is 0. The van der Waals surface area contributed by atoms with Gasteiger partial charge in [-0.1, -0.05) is 42.5 Å². The molecule has 1 fully saturated rings. The van der Waals surface area contributed by atoms with E-state index in [-0.39, 0.29) is 12.4 Å². The van der Waals surface area contributed by atoms with Gasteiger partial charge in [-0.05, 0) is 35.7 Å². The van der Waals surface area contributed by atoms with Gasteiger partial charge >= 0.3 is 0 Å². The van der Waals surface area contributed by atoms with Crippen molar-refractivity contribution in [3.8, 4) is 0 Å². The highest BCUT2D eigenvalue weighted by Gasteiger charge is 2.17. The first-order chi connectivity index (χ1) is 8.83. The van der Waals surface area contributed by atoms with Crippen LogP contribution in [0.15, 0.2) is 42.5 Å². The highest BCUT2D eigenvalue weighted by molar-refractivity contribution is 5.85. The molecular formula is C16H21ClN2. The van der Waals surface area contributed by atoms with Gasteiger partial charge in [0.2, 0.25) is 0 Å². The van der Waals surface area contributed by atoms with Gasteiger partial charge in [0, 0.05) is 19.1 Å². The van der Waals surface area contributed by atoms with Gasteiger partial charge in [-0.2, -0.15) is 0 Å². The highest BCUT2D eigenvalue weighted by Crippen LogP contribution is 2.21. The molecule has 2 nitrogen and oxygen atoms in total. The maximum atomic E-state index is 6.05. The summed E-state index contributed by atoms with van der Waals surface area (Å²) in [5, 5.41) is 2.70. The van der Waals surface area contributed by atoms with E-state index in [1.807, 2.05) is 0 Å². The van der Waals surface area contributed by atoms with Gasteiger partial charge in [0.05, 0.1) is 0 Å². The van der Waals surface area contributed by atoms with Crippen LogP contribution in [-0.4, -0.2) is 24.0 Å². The number of halogens is 1. The number of hydrogen-bond donors (Lipinski definition) is 1. The summed E-state index contributed by atoms with van der Waals surface area (Å²) in [6, 6.07) is 15.5. The van der Waals surface area contributed by atoms with Gasteiger partial charge in [0.25, 0.3) is 0 Å². The molecule has 2 N–H and O–H groups in total. The van der Waals surface area contributed by atoms with Crippen molar-refractivity contribution in [1.82, 2.24) is 4.90 Å². The van der Waals surface area contributed by atoms with E-state index in [1.54, 1.807) is 0 Å². The lowest BCUT2D eigenvalue weighted by Gasteiger charge is -2.31. The first kappa shape index (κ1) is 14.3. The smallest absolute Gasteiger partial charge is 0.0240 e. The van der Waals surface area contributed by atoms with Gasteiger partial charge in [0.15, 0.2) is 0 Å². The predicted molar refractivity (Wildman–Crippen MR) is 83.7 cm³/mol. The summed E-state index contributed by atoms with van der Waals surface area (Å²) in [6.07, 6.45) is 2.40. The summed E-state index contributed by atoms with van der Waals surface area (Å²) in [5.41, 5.74) is 7.47. The van der Waals surface area contributed by atoms with Gasteiger partial charge < -0.3 is 5.73 Å². The molecule has 0 saturated carbocycles. The minimum Gasteiger partial charge on any atom is -0.327 e. The first-order valence-electron chi connectivity index (χ1n) is 6.77. The van der Waals surface area contributed by atoms with E-state index in [9.17, 15) is 0 Å². The minimum absolute atomic E-state index is 0. The van der Waals surface area contributed by atoms with Crippen molar-refractivity contribution >= 4 is 23.2 Å². The summed E-state index contributed by atoms with van der Waals surface area (Å²) in [5.74, 6) is 0. The standard InChI is InChI=1S/C16H20N2.ClH/c17-15-8-4-10-18(12-15)11-14-7-3-6-13-5-1-2-9-16(13)14;/h1-3,5-7,9,15H,4,8,10-12,17H2;1H/t15-;/m1./s1. The Bertz CT molecular complexity index is 536. The fourth-order valence-electron chi connectivity index (χ4n) is 2.91. The molecular weight excluding hydrogens is 256 g/mol. The average Bonchev–Trinajstić information content (AvgIpc) is 2.39. The monoisotopic (exact) mass is 276 g/mol. The number of benzene rings is 2. The van der Waals surface area contributed by atoms with Crippen LogP contribution in [0.5, 0.6) is 0 Å². The molecule has 0 aliphatic carbocycles. The summed E-state index contributed by atoms with van der Waals surface area (Å²) in [6.45, 7) is 3.23. The molecule has 0 amide bonds. The Morgan fingerprint density at radius 2 is 1.89 bits per heavy atom. The Labute approximate surface area is 121 Å². The summed E-state index contributed by atoms with van der Waals surface area (Å²) in [7, 11) is 0. The van der Waals surface area contributed by atoms with Crippen molar-refractivity contribution in [2.75, 3.05) is 13.1 Å². The zero-order valence-corrected chi connectivity index (χ0v) is 11.9. The van der Waals surface area contributed by atoms with E-state index >= 15 is 0 Å². The lowest BCUT2D eigenvalue weighted by Crippen LogP contribution is -2.42. The quantitative estimate of drug-likeness (QED) is 0.913. The van der Waals surface area contributed by atoms with Crippen LogP contribution in [0.25, 0.3) is 10.8 Å². The maximum Gasteiger partial charge on any atom is 0.0240 e. The van der Waals surface area contributed by atoms with E-state index < -0.39 is 0 Å². The number of rotatable bonds is 2. The summed E-state index contributed by atoms with van der Waals surface area (Å²) in [4.78, 5) is 2.48. The van der Waals surface area contributed by atoms with Gasteiger partial charge in [0.1, 0.15) is 0 Å². The fraction of sp³-hybridized carbons (Fsp3) is 0.375. The normalized spacial score (nSPS) is 20.2. The molecule has 1 saturated heterocycles. The van der Waals surface area contributed by atoms with Crippen molar-refractivity contribution < 1.29 is 0 Å². The lowest BCUT2D eigenvalue weighted by atomic mass is 10.0. The largest absolute Gasteiger partial charge is 0.327 e. The first-order valence-corrected chi connectivity index (χ1v) is 6.77. The van der Waals surface area contributed by atoms with Crippen LogP contribution in [0.2, 0.25) is 0 Å². The van der Waals surface area contributed by atoms with E-state index in [0.29, 0.717) is 6.04 Å². The molecule has 3 rings (SSSR count). The van der Waals surface area contributed by atoms with Gasteiger partial charge in [-0.25, -0.2) is 0 Å². The second-order valence-corrected chi connectivity index (χ2v) is 5.28. The number of fused-ring (bicyclic) bond motifs is 1. The van der Waals surface area contributed by atoms with Crippen molar-refractivity contribution in [1.29, 1.82) is 0 Å². The number of nitrogens with zero attached hydrogens (tertiary/aromatic N) is 1. The Morgan fingerprint density at radius 3 is 2.74 bits per heavy atom. The third kappa shape index (κ3) is 3.27. The molecule has 0 bridgehead atoms. The van der Waals surface area contributed by atoms with Gasteiger partial charge in [-0.3, -0.25) is 4.90 Å². The zero-order valence-electron chi connectivity index (χ0n) is 11.1. The second-order valence-electron chi connectivity index (χ2n) is 5.28. The van der Waals surface area contributed by atoms with Crippen LogP contribution in [0.4, 0.5) is 0 Å². The molecule has 0 aromatic heterocycles. The topological polar surface area (TPSA) is 29.3 Å². The molecule has 102 valence electrons. The molecule has 2 aromatic rings. The summed E-state index contributed by atoms with van der Waals surface area (Å²) >= 11 is 0. The maximum absolute atomic E-state index is 6.05. The number of nitrogens with two attached hydrogens (primary N) is 1. The molecule has 0 unspecified atom stereocenters. The second kappa shape index (κ2) is 6.38. The molecule has 0 radical (unpaired) electrons. The Hall–Kier alpha value is -1.09. The molecule has 0 spiro atoms. The SMILES string of the molecule is Cl.N[C@@H]1CCCN(Cc2cccc3ccccc23)C1. The molecule has 1 aliphatic rings. The predicted octanol–water partition coefficient (Wildman–Crippen LogP) is 3.18. The Kier molecular flexibility index (Phi) is 4.81. The van der Waals surface area contributed by atoms with Crippen LogP contribution in [0.3, 0.4) is 0 Å². The third-order valence-corrected chi connectivity index (χ3v) is 3.82. The molecule has 1 heterocycles. The van der Waals surface area contributed by atoms with Crippen molar-refractivity contribution in [3.05, 3.63) is 48.0 Å². The van der Waals surface area contributed by atoms with Crippen LogP contribution in [0.1, 0.15) is 18.4 Å².